The fourth-order valence-electron chi connectivity index (χ4n) is 4.00. The van der Waals surface area contributed by atoms with Crippen molar-refractivity contribution in [1.82, 2.24) is 15.2 Å². The van der Waals surface area contributed by atoms with Gasteiger partial charge in [0.05, 0.1) is 16.8 Å². The van der Waals surface area contributed by atoms with Crippen LogP contribution >= 0.6 is 12.6 Å². The van der Waals surface area contributed by atoms with Crippen molar-refractivity contribution in [3.05, 3.63) is 36.0 Å². The lowest BCUT2D eigenvalue weighted by atomic mass is 10.0. The molecular weight excluding hydrogens is 468 g/mol. The topological polar surface area (TPSA) is 144 Å². The number of unbranched alkanes of at least 4 members (excludes halogenated alkanes) is 1. The van der Waals surface area contributed by atoms with Crippen LogP contribution in [0.4, 0.5) is 0 Å². The van der Waals surface area contributed by atoms with Gasteiger partial charge in [0, 0.05) is 31.5 Å². The van der Waals surface area contributed by atoms with E-state index >= 15 is 0 Å². The first-order valence-electron chi connectivity index (χ1n) is 11.9. The molecule has 0 saturated carbocycles. The summed E-state index contributed by atoms with van der Waals surface area (Å²) in [6.45, 7) is 4.01. The lowest BCUT2D eigenvalue weighted by Crippen LogP contribution is -2.49. The number of hydrogen-bond acceptors (Lipinski definition) is 6. The predicted molar refractivity (Wildman–Crippen MR) is 139 cm³/mol. The Balaban J connectivity index is 2.22. The summed E-state index contributed by atoms with van der Waals surface area (Å²) < 4.78 is 1.53. The molecule has 1 heterocycles. The van der Waals surface area contributed by atoms with Gasteiger partial charge in [0.15, 0.2) is 0 Å². The van der Waals surface area contributed by atoms with Crippen LogP contribution in [0.15, 0.2) is 30.5 Å². The molecule has 192 valence electrons. The number of carbonyl (C=O) groups is 4. The Morgan fingerprint density at radius 2 is 1.80 bits per heavy atom. The number of carbonyl (C=O) groups excluding carboxylic acids is 3. The van der Waals surface area contributed by atoms with Gasteiger partial charge in [-0.05, 0) is 36.8 Å². The number of likely N-dealkylation sites (N-methyl/N-ethyl adjacent to an activating group) is 1. The first-order chi connectivity index (χ1) is 16.5. The normalized spacial score (nSPS) is 13.9. The monoisotopic (exact) mass is 504 g/mol. The second-order valence-corrected chi connectivity index (χ2v) is 9.77. The summed E-state index contributed by atoms with van der Waals surface area (Å²) in [7, 11) is 1.49. The van der Waals surface area contributed by atoms with Gasteiger partial charge in [-0.15, -0.1) is 0 Å². The molecule has 1 aromatic heterocycles. The van der Waals surface area contributed by atoms with Gasteiger partial charge >= 0.3 is 5.97 Å². The minimum Gasteiger partial charge on any atom is -0.481 e. The fourth-order valence-corrected chi connectivity index (χ4v) is 4.26. The summed E-state index contributed by atoms with van der Waals surface area (Å²) in [5.74, 6) is -1.62. The molecule has 9 nitrogen and oxygen atoms in total. The Morgan fingerprint density at radius 1 is 1.11 bits per heavy atom. The highest BCUT2D eigenvalue weighted by atomic mass is 32.1. The molecule has 2 aromatic rings. The summed E-state index contributed by atoms with van der Waals surface area (Å²) in [6, 6.07) is 5.85. The second-order valence-electron chi connectivity index (χ2n) is 9.15. The molecule has 0 saturated heterocycles. The van der Waals surface area contributed by atoms with Gasteiger partial charge in [0.25, 0.3) is 0 Å². The maximum atomic E-state index is 13.1. The molecule has 0 aliphatic heterocycles. The number of rotatable bonds is 13. The Bertz CT molecular complexity index is 1050. The van der Waals surface area contributed by atoms with Crippen molar-refractivity contribution in [2.24, 2.45) is 11.7 Å². The zero-order valence-electron chi connectivity index (χ0n) is 20.5. The van der Waals surface area contributed by atoms with Crippen LogP contribution in [-0.2, 0) is 20.8 Å². The number of nitrogens with two attached hydrogens (primary N) is 1. The van der Waals surface area contributed by atoms with E-state index in [2.05, 4.69) is 23.3 Å². The van der Waals surface area contributed by atoms with Crippen molar-refractivity contribution >= 4 is 47.2 Å². The van der Waals surface area contributed by atoms with Gasteiger partial charge in [0.1, 0.15) is 6.04 Å². The average molecular weight is 505 g/mol. The molecule has 2 rings (SSSR count). The lowest BCUT2D eigenvalue weighted by molar-refractivity contribution is -0.137. The van der Waals surface area contributed by atoms with Crippen molar-refractivity contribution in [1.29, 1.82) is 0 Å². The fraction of sp³-hybridized carbons (Fsp3) is 0.520. The molecule has 1 aromatic carbocycles. The van der Waals surface area contributed by atoms with E-state index in [9.17, 15) is 19.2 Å². The van der Waals surface area contributed by atoms with E-state index in [0.717, 1.165) is 10.9 Å². The number of para-hydroxylation sites is 1. The van der Waals surface area contributed by atoms with Crippen LogP contribution in [0.5, 0.6) is 0 Å². The summed E-state index contributed by atoms with van der Waals surface area (Å²) in [4.78, 5) is 49.0. The smallest absolute Gasteiger partial charge is 0.303 e. The molecule has 0 aliphatic carbocycles. The van der Waals surface area contributed by atoms with Gasteiger partial charge in [-0.1, -0.05) is 38.5 Å². The number of fused-ring (bicyclic) bond motifs is 1. The van der Waals surface area contributed by atoms with E-state index in [1.165, 1.54) is 11.6 Å². The van der Waals surface area contributed by atoms with Gasteiger partial charge in [-0.2, -0.15) is 12.6 Å². The molecule has 3 atom stereocenters. The van der Waals surface area contributed by atoms with E-state index in [-0.39, 0.29) is 30.6 Å². The zero-order valence-corrected chi connectivity index (χ0v) is 21.4. The number of aliphatic carboxylic acids is 1. The van der Waals surface area contributed by atoms with Crippen LogP contribution in [0.1, 0.15) is 56.3 Å². The first-order valence-corrected chi connectivity index (χ1v) is 12.4. The summed E-state index contributed by atoms with van der Waals surface area (Å²) >= 11 is 4.33. The van der Waals surface area contributed by atoms with Crippen molar-refractivity contribution in [2.45, 2.75) is 69.7 Å². The summed E-state index contributed by atoms with van der Waals surface area (Å²) in [5, 5.41) is 14.2. The van der Waals surface area contributed by atoms with E-state index in [4.69, 9.17) is 10.8 Å². The molecule has 10 heteroatoms. The molecule has 0 fully saturated rings. The van der Waals surface area contributed by atoms with Crippen LogP contribution < -0.4 is 16.4 Å². The Labute approximate surface area is 211 Å². The highest BCUT2D eigenvalue weighted by molar-refractivity contribution is 7.81. The predicted octanol–water partition coefficient (Wildman–Crippen LogP) is 2.37. The molecule has 5 N–H and O–H groups in total. The van der Waals surface area contributed by atoms with Gasteiger partial charge in [-0.3, -0.25) is 23.7 Å². The molecule has 35 heavy (non-hydrogen) atoms. The Hall–Kier alpha value is -2.85. The minimum absolute atomic E-state index is 0.0343. The number of benzene rings is 1. The van der Waals surface area contributed by atoms with Gasteiger partial charge < -0.3 is 21.5 Å². The van der Waals surface area contributed by atoms with Crippen LogP contribution in [0.2, 0.25) is 0 Å². The molecule has 0 radical (unpaired) electrons. The van der Waals surface area contributed by atoms with E-state index in [1.807, 2.05) is 38.1 Å². The Morgan fingerprint density at radius 3 is 2.43 bits per heavy atom. The number of thiol groups is 1. The third-order valence-electron chi connectivity index (χ3n) is 5.80. The van der Waals surface area contributed by atoms with E-state index < -0.39 is 29.2 Å². The number of hydrogen-bond donors (Lipinski definition) is 5. The maximum Gasteiger partial charge on any atom is 0.303 e. The largest absolute Gasteiger partial charge is 0.481 e. The van der Waals surface area contributed by atoms with Gasteiger partial charge in [0.2, 0.25) is 17.7 Å². The highest BCUT2D eigenvalue weighted by Gasteiger charge is 2.26. The molecule has 2 amide bonds. The number of nitrogens with zero attached hydrogens (tertiary/aromatic N) is 1. The quantitative estimate of drug-likeness (QED) is 0.209. The molecule has 0 aliphatic rings. The first kappa shape index (κ1) is 28.4. The molecule has 0 bridgehead atoms. The van der Waals surface area contributed by atoms with E-state index in [1.54, 1.807) is 6.20 Å². The third-order valence-corrected chi connectivity index (χ3v) is 6.29. The molecule has 0 spiro atoms. The Kier molecular flexibility index (Phi) is 10.8. The zero-order chi connectivity index (χ0) is 26.1. The third kappa shape index (κ3) is 8.10. The van der Waals surface area contributed by atoms with E-state index in [0.29, 0.717) is 31.2 Å². The SMILES string of the molecule is CNC(=O)[C@H](Cc1cn(C(=O)[C@@H](N)CC(C)C)c2ccccc12)NC(=O)C(S)CCCCC(=O)O. The number of nitrogens with one attached hydrogen (secondary N) is 2. The van der Waals surface area contributed by atoms with Crippen molar-refractivity contribution < 1.29 is 24.3 Å². The van der Waals surface area contributed by atoms with Crippen LogP contribution in [0.25, 0.3) is 10.9 Å². The van der Waals surface area contributed by atoms with Crippen LogP contribution in [0, 0.1) is 5.92 Å². The maximum absolute atomic E-state index is 13.1. The second kappa shape index (κ2) is 13.3. The van der Waals surface area contributed by atoms with Crippen LogP contribution in [-0.4, -0.2) is 57.7 Å². The van der Waals surface area contributed by atoms with Gasteiger partial charge in [-0.25, -0.2) is 0 Å². The van der Waals surface area contributed by atoms with Crippen molar-refractivity contribution in [3.63, 3.8) is 0 Å². The summed E-state index contributed by atoms with van der Waals surface area (Å²) in [5.41, 5.74) is 7.58. The molecular formula is C25H36N4O5S. The summed E-state index contributed by atoms with van der Waals surface area (Å²) in [6.07, 6.45) is 3.82. The lowest BCUT2D eigenvalue weighted by Gasteiger charge is -2.19. The number of carboxylic acids is 1. The van der Waals surface area contributed by atoms with Crippen LogP contribution in [0.3, 0.4) is 0 Å². The average Bonchev–Trinajstić information content (AvgIpc) is 3.17. The number of aromatic nitrogens is 1. The van der Waals surface area contributed by atoms with Crippen molar-refractivity contribution in [3.8, 4) is 0 Å². The minimum atomic E-state index is -0.882. The van der Waals surface area contributed by atoms with Crippen molar-refractivity contribution in [2.75, 3.05) is 7.05 Å². The molecule has 1 unspecified atom stereocenters. The number of carboxylic acid groups (broad SMARTS) is 1. The highest BCUT2D eigenvalue weighted by Crippen LogP contribution is 2.24. The number of amides is 2. The standard InChI is InChI=1S/C25H36N4O5S/c1-15(2)12-18(26)25(34)29-14-16(17-8-4-5-9-20(17)29)13-19(23(32)27-3)28-24(33)21(35)10-6-7-11-22(30)31/h4-5,8-9,14-15,18-19,21,35H,6-7,10-13,26H2,1-3H3,(H,27,32)(H,28,33)(H,30,31)/t18-,19-,21?/m0/s1.